The first kappa shape index (κ1) is 53.9. The van der Waals surface area contributed by atoms with E-state index in [0.717, 1.165) is 44.0 Å². The van der Waals surface area contributed by atoms with E-state index in [4.69, 9.17) is 15.6 Å². The van der Waals surface area contributed by atoms with Crippen LogP contribution >= 0.6 is 0 Å². The molecule has 4 heterocycles. The third-order valence-electron chi connectivity index (χ3n) is 11.9. The SMILES string of the molecule is Cc1c(-c2ccnn2-c2ccc(C#N)cc2)c(=O)n(CCC(=O)N(C)C)c(=O)n1-c1cccc(C(F)(F)F)c1.Cc1c(-c2ccnn2-c2ccc(C#N)cc2)c(=O)n(CCC(=O)O)c(=O)n1-c1cccc(C(F)(F)F)c1. The fourth-order valence-electron chi connectivity index (χ4n) is 8.13. The van der Waals surface area contributed by atoms with Gasteiger partial charge in [0.1, 0.15) is 0 Å². The largest absolute Gasteiger partial charge is 0.481 e. The van der Waals surface area contributed by atoms with Crippen LogP contribution in [0.4, 0.5) is 26.3 Å². The van der Waals surface area contributed by atoms with Crippen LogP contribution in [0.2, 0.25) is 0 Å². The molecule has 0 fully saturated rings. The molecule has 76 heavy (non-hydrogen) atoms. The van der Waals surface area contributed by atoms with E-state index in [-0.39, 0.29) is 64.2 Å². The molecular formula is C52H41F6N11O7. The standard InChI is InChI=1S/C27H23F3N6O3.C25H18F3N5O4/c1-17-24(22-11-13-32-36(22)20-9-7-18(16-31)8-10-20)25(38)34(14-12-23(37)33(2)3)26(39)35(17)21-6-4-5-19(15-21)27(28,29)30;1-15-22(20-9-11-30-33(20)18-7-5-16(14-29)6-8-18)23(36)31(12-10-21(34)35)24(37)32(15)19-4-2-3-17(13-19)25(26,27)28/h4-11,13,15H,12,14H2,1-3H3;2-9,11,13H,10,12H2,1H3,(H,34,35). The molecule has 0 aliphatic carbocycles. The molecule has 24 heteroatoms. The summed E-state index contributed by atoms with van der Waals surface area (Å²) in [5.74, 6) is -1.60. The summed E-state index contributed by atoms with van der Waals surface area (Å²) >= 11 is 0. The maximum atomic E-state index is 13.7. The fraction of sp³-hybridized carbons (Fsp3) is 0.192. The molecule has 0 spiro atoms. The van der Waals surface area contributed by atoms with Crippen molar-refractivity contribution in [2.75, 3.05) is 14.1 Å². The molecule has 8 aromatic rings. The van der Waals surface area contributed by atoms with Crippen molar-refractivity contribution in [1.82, 2.24) is 42.7 Å². The van der Waals surface area contributed by atoms with Crippen LogP contribution in [0, 0.1) is 36.5 Å². The van der Waals surface area contributed by atoms with Crippen molar-refractivity contribution >= 4 is 11.9 Å². The van der Waals surface area contributed by atoms with Crippen LogP contribution in [0.5, 0.6) is 0 Å². The van der Waals surface area contributed by atoms with Crippen LogP contribution in [-0.2, 0) is 35.0 Å². The van der Waals surface area contributed by atoms with Gasteiger partial charge in [-0.05, 0) is 111 Å². The third-order valence-corrected chi connectivity index (χ3v) is 11.9. The summed E-state index contributed by atoms with van der Waals surface area (Å²) in [6.07, 6.45) is -7.24. The van der Waals surface area contributed by atoms with Gasteiger partial charge in [0.2, 0.25) is 5.91 Å². The Balaban J connectivity index is 0.000000221. The van der Waals surface area contributed by atoms with Crippen molar-refractivity contribution in [2.45, 2.75) is 52.1 Å². The van der Waals surface area contributed by atoms with E-state index < -0.39 is 64.9 Å². The first-order valence-electron chi connectivity index (χ1n) is 22.6. The van der Waals surface area contributed by atoms with Gasteiger partial charge in [0, 0.05) is 45.0 Å². The number of amides is 1. The number of carboxylic acids is 1. The maximum Gasteiger partial charge on any atom is 0.416 e. The van der Waals surface area contributed by atoms with E-state index in [9.17, 15) is 55.1 Å². The van der Waals surface area contributed by atoms with Gasteiger partial charge in [-0.1, -0.05) is 12.1 Å². The van der Waals surface area contributed by atoms with E-state index in [0.29, 0.717) is 27.1 Å². The molecule has 18 nitrogen and oxygen atoms in total. The number of carboxylic acid groups (broad SMARTS) is 1. The van der Waals surface area contributed by atoms with Gasteiger partial charge in [-0.2, -0.15) is 47.1 Å². The van der Waals surface area contributed by atoms with Crippen molar-refractivity contribution in [3.05, 3.63) is 197 Å². The van der Waals surface area contributed by atoms with E-state index in [1.807, 2.05) is 12.1 Å². The van der Waals surface area contributed by atoms with Gasteiger partial charge in [0.15, 0.2) is 0 Å². The van der Waals surface area contributed by atoms with Gasteiger partial charge in [0.05, 0.1) is 98.5 Å². The summed E-state index contributed by atoms with van der Waals surface area (Å²) in [6.45, 7) is 2.09. The highest BCUT2D eigenvalue weighted by Gasteiger charge is 2.33. The molecule has 0 radical (unpaired) electrons. The van der Waals surface area contributed by atoms with Crippen LogP contribution in [0.25, 0.3) is 45.3 Å². The summed E-state index contributed by atoms with van der Waals surface area (Å²) in [6, 6.07) is 28.0. The Morgan fingerprint density at radius 1 is 0.579 bits per heavy atom. The monoisotopic (exact) mass is 1050 g/mol. The maximum absolute atomic E-state index is 13.7. The molecule has 0 aliphatic heterocycles. The number of nitriles is 2. The summed E-state index contributed by atoms with van der Waals surface area (Å²) < 4.78 is 87.0. The molecule has 0 saturated heterocycles. The van der Waals surface area contributed by atoms with Crippen molar-refractivity contribution < 1.29 is 41.0 Å². The van der Waals surface area contributed by atoms with Crippen LogP contribution in [0.3, 0.4) is 0 Å². The van der Waals surface area contributed by atoms with Crippen LogP contribution in [-0.4, -0.2) is 73.8 Å². The molecule has 0 saturated carbocycles. The van der Waals surface area contributed by atoms with Gasteiger partial charge in [-0.15, -0.1) is 0 Å². The highest BCUT2D eigenvalue weighted by atomic mass is 19.4. The van der Waals surface area contributed by atoms with Gasteiger partial charge < -0.3 is 10.0 Å². The number of alkyl halides is 6. The van der Waals surface area contributed by atoms with E-state index in [2.05, 4.69) is 10.2 Å². The summed E-state index contributed by atoms with van der Waals surface area (Å²) in [5, 5.41) is 35.8. The first-order valence-corrected chi connectivity index (χ1v) is 22.6. The molecule has 4 aromatic heterocycles. The third kappa shape index (κ3) is 11.1. The zero-order valence-electron chi connectivity index (χ0n) is 40.5. The quantitative estimate of drug-likeness (QED) is 0.122. The zero-order chi connectivity index (χ0) is 55.4. The molecule has 8 rings (SSSR count). The van der Waals surface area contributed by atoms with Gasteiger partial charge in [-0.3, -0.25) is 37.4 Å². The molecule has 388 valence electrons. The lowest BCUT2D eigenvalue weighted by molar-refractivity contribution is -0.138. The second kappa shape index (κ2) is 21.7. The smallest absolute Gasteiger partial charge is 0.416 e. The summed E-state index contributed by atoms with van der Waals surface area (Å²) in [4.78, 5) is 78.9. The number of rotatable bonds is 12. The molecule has 0 unspecified atom stereocenters. The Bertz CT molecular complexity index is 3870. The number of hydrogen-bond acceptors (Lipinski definition) is 10. The lowest BCUT2D eigenvalue weighted by atomic mass is 10.1. The number of halogens is 6. The number of hydrogen-bond donors (Lipinski definition) is 1. The Labute approximate surface area is 425 Å². The highest BCUT2D eigenvalue weighted by molar-refractivity contribution is 5.75. The van der Waals surface area contributed by atoms with Gasteiger partial charge >= 0.3 is 29.7 Å². The number of carbonyl (C=O) groups is 2. The Kier molecular flexibility index (Phi) is 15.4. The molecular weight excluding hydrogens is 1000 g/mol. The van der Waals surface area contributed by atoms with Crippen molar-refractivity contribution in [2.24, 2.45) is 0 Å². The minimum absolute atomic E-state index is 0.0196. The lowest BCUT2D eigenvalue weighted by Gasteiger charge is -2.19. The topological polar surface area (TPSA) is 229 Å². The molecule has 4 aromatic carbocycles. The van der Waals surface area contributed by atoms with Gasteiger partial charge in [-0.25, -0.2) is 19.0 Å². The first-order chi connectivity index (χ1) is 36.0. The van der Waals surface area contributed by atoms with Crippen LogP contribution in [0.1, 0.15) is 46.5 Å². The fourth-order valence-corrected chi connectivity index (χ4v) is 8.13. The van der Waals surface area contributed by atoms with Crippen LogP contribution < -0.4 is 22.5 Å². The molecule has 1 N–H and O–H groups in total. The Morgan fingerprint density at radius 2 is 0.961 bits per heavy atom. The average Bonchev–Trinajstić information content (AvgIpc) is 4.12. The second-order valence-electron chi connectivity index (χ2n) is 16.9. The van der Waals surface area contributed by atoms with Gasteiger partial charge in [0.25, 0.3) is 11.1 Å². The number of aliphatic carboxylic acids is 1. The van der Waals surface area contributed by atoms with Crippen molar-refractivity contribution in [1.29, 1.82) is 10.5 Å². The predicted octanol–water partition coefficient (Wildman–Crippen LogP) is 7.05. The number of carbonyl (C=O) groups excluding carboxylic acids is 1. The molecule has 0 aliphatic rings. The normalized spacial score (nSPS) is 11.3. The van der Waals surface area contributed by atoms with E-state index in [1.165, 1.54) is 84.9 Å². The molecule has 0 bridgehead atoms. The number of nitrogens with zero attached hydrogens (tertiary/aromatic N) is 11. The molecule has 1 amide bonds. The van der Waals surface area contributed by atoms with Crippen molar-refractivity contribution in [3.8, 4) is 57.4 Å². The van der Waals surface area contributed by atoms with Crippen molar-refractivity contribution in [3.63, 3.8) is 0 Å². The average molecular weight is 1050 g/mol. The number of aromatic nitrogens is 8. The highest BCUT2D eigenvalue weighted by Crippen LogP contribution is 2.33. The summed E-state index contributed by atoms with van der Waals surface area (Å²) in [5.41, 5.74) is -3.20. The van der Waals surface area contributed by atoms with E-state index >= 15 is 0 Å². The second-order valence-corrected chi connectivity index (χ2v) is 16.9. The number of benzene rings is 4. The van der Waals surface area contributed by atoms with Crippen LogP contribution in [0.15, 0.2) is 141 Å². The Morgan fingerprint density at radius 3 is 1.30 bits per heavy atom. The lowest BCUT2D eigenvalue weighted by Crippen LogP contribution is -2.42. The Hall–Kier alpha value is -9.84. The summed E-state index contributed by atoms with van der Waals surface area (Å²) in [7, 11) is 3.06. The molecule has 0 atom stereocenters. The zero-order valence-corrected chi connectivity index (χ0v) is 40.5. The predicted molar refractivity (Wildman–Crippen MR) is 262 cm³/mol. The minimum atomic E-state index is -4.68. The minimum Gasteiger partial charge on any atom is -0.481 e. The van der Waals surface area contributed by atoms with E-state index in [1.54, 1.807) is 48.5 Å².